The highest BCUT2D eigenvalue weighted by molar-refractivity contribution is 5.75. The van der Waals surface area contributed by atoms with E-state index < -0.39 is 11.4 Å². The number of rotatable bonds is 6. The third kappa shape index (κ3) is 4.03. The predicted octanol–water partition coefficient (Wildman–Crippen LogP) is 1.45. The second kappa shape index (κ2) is 8.01. The fourth-order valence-electron chi connectivity index (χ4n) is 2.94. The molecule has 4 rings (SSSR count). The van der Waals surface area contributed by atoms with Crippen LogP contribution in [-0.4, -0.2) is 36.8 Å². The molecule has 0 unspecified atom stereocenters. The Labute approximate surface area is 164 Å². The maximum Gasteiger partial charge on any atom is 0.267 e. The Morgan fingerprint density at radius 1 is 1.03 bits per heavy atom. The summed E-state index contributed by atoms with van der Waals surface area (Å²) in [5, 5.41) is 15.0. The lowest BCUT2D eigenvalue weighted by Crippen LogP contribution is -2.34. The van der Waals surface area contributed by atoms with E-state index in [0.717, 1.165) is 16.2 Å². The van der Waals surface area contributed by atoms with E-state index in [0.29, 0.717) is 13.0 Å². The average Bonchev–Trinajstić information content (AvgIpc) is 3.13. The number of amides is 1. The Balaban J connectivity index is 1.41. The summed E-state index contributed by atoms with van der Waals surface area (Å²) in [5.41, 5.74) is 0.837. The second-order valence-corrected chi connectivity index (χ2v) is 6.34. The minimum Gasteiger partial charge on any atom is -0.354 e. The zero-order chi connectivity index (χ0) is 20.2. The molecule has 1 N–H and O–H groups in total. The van der Waals surface area contributed by atoms with Gasteiger partial charge in [0.2, 0.25) is 5.91 Å². The van der Waals surface area contributed by atoms with Gasteiger partial charge in [0, 0.05) is 30.8 Å². The Hall–Kier alpha value is -3.88. The molecule has 8 nitrogen and oxygen atoms in total. The number of pyridine rings is 1. The molecule has 3 aromatic heterocycles. The lowest BCUT2D eigenvalue weighted by atomic mass is 10.1. The minimum absolute atomic E-state index is 0.262. The van der Waals surface area contributed by atoms with E-state index in [4.69, 9.17) is 0 Å². The van der Waals surface area contributed by atoms with Gasteiger partial charge >= 0.3 is 0 Å². The van der Waals surface area contributed by atoms with Crippen LogP contribution in [0.3, 0.4) is 0 Å². The smallest absolute Gasteiger partial charge is 0.267 e. The van der Waals surface area contributed by atoms with Crippen LogP contribution in [0.15, 0.2) is 65.6 Å². The van der Waals surface area contributed by atoms with Gasteiger partial charge < -0.3 is 5.32 Å². The lowest BCUT2D eigenvalue weighted by molar-refractivity contribution is -0.121. The quantitative estimate of drug-likeness (QED) is 0.536. The zero-order valence-electron chi connectivity index (χ0n) is 15.3. The first-order valence-electron chi connectivity index (χ1n) is 9.00. The first-order chi connectivity index (χ1) is 14.1. The van der Waals surface area contributed by atoms with Crippen molar-refractivity contribution in [2.75, 3.05) is 6.54 Å². The van der Waals surface area contributed by atoms with E-state index in [1.54, 1.807) is 18.2 Å². The number of nitrogens with one attached hydrogen (secondary N) is 1. The van der Waals surface area contributed by atoms with Gasteiger partial charge in [0.15, 0.2) is 5.65 Å². The van der Waals surface area contributed by atoms with E-state index in [1.807, 2.05) is 28.8 Å². The van der Waals surface area contributed by atoms with Crippen LogP contribution in [0.5, 0.6) is 0 Å². The summed E-state index contributed by atoms with van der Waals surface area (Å²) in [6, 6.07) is 14.4. The first kappa shape index (κ1) is 18.5. The number of hydrogen-bond donors (Lipinski definition) is 1. The van der Waals surface area contributed by atoms with Crippen molar-refractivity contribution < 1.29 is 9.18 Å². The van der Waals surface area contributed by atoms with Crippen molar-refractivity contribution in [1.29, 1.82) is 0 Å². The Morgan fingerprint density at radius 3 is 2.72 bits per heavy atom. The van der Waals surface area contributed by atoms with E-state index in [-0.39, 0.29) is 23.7 Å². The molecule has 0 aliphatic heterocycles. The van der Waals surface area contributed by atoms with Gasteiger partial charge in [-0.3, -0.25) is 14.0 Å². The fraction of sp³-hybridized carbons (Fsp3) is 0.150. The summed E-state index contributed by atoms with van der Waals surface area (Å²) < 4.78 is 16.8. The van der Waals surface area contributed by atoms with Crippen molar-refractivity contribution in [1.82, 2.24) is 29.7 Å². The van der Waals surface area contributed by atoms with Gasteiger partial charge in [-0.15, -0.1) is 10.2 Å². The van der Waals surface area contributed by atoms with Gasteiger partial charge in [0.25, 0.3) is 5.56 Å². The zero-order valence-corrected chi connectivity index (χ0v) is 15.3. The van der Waals surface area contributed by atoms with Gasteiger partial charge in [-0.1, -0.05) is 18.2 Å². The third-order valence-electron chi connectivity index (χ3n) is 4.36. The number of aromatic nitrogens is 5. The van der Waals surface area contributed by atoms with Crippen LogP contribution in [0.1, 0.15) is 5.82 Å². The summed E-state index contributed by atoms with van der Waals surface area (Å²) in [7, 11) is 0. The van der Waals surface area contributed by atoms with Gasteiger partial charge in [0.1, 0.15) is 18.2 Å². The highest BCUT2D eigenvalue weighted by Gasteiger charge is 2.11. The highest BCUT2D eigenvalue weighted by atomic mass is 19.1. The molecule has 29 heavy (non-hydrogen) atoms. The Morgan fingerprint density at radius 2 is 1.86 bits per heavy atom. The van der Waals surface area contributed by atoms with Crippen molar-refractivity contribution in [3.63, 3.8) is 0 Å². The van der Waals surface area contributed by atoms with Crippen LogP contribution in [0.25, 0.3) is 16.9 Å². The molecule has 0 bridgehead atoms. The van der Waals surface area contributed by atoms with E-state index in [1.165, 1.54) is 18.2 Å². The van der Waals surface area contributed by atoms with Crippen molar-refractivity contribution >= 4 is 11.6 Å². The molecule has 0 saturated carbocycles. The fourth-order valence-corrected chi connectivity index (χ4v) is 2.94. The lowest BCUT2D eigenvalue weighted by Gasteiger charge is -2.08. The number of fused-ring (bicyclic) bond motifs is 1. The predicted molar refractivity (Wildman–Crippen MR) is 104 cm³/mol. The Kier molecular flexibility index (Phi) is 5.10. The molecule has 0 atom stereocenters. The molecular formula is C20H17FN6O2. The molecular weight excluding hydrogens is 375 g/mol. The molecule has 3 heterocycles. The van der Waals surface area contributed by atoms with Crippen LogP contribution >= 0.6 is 0 Å². The molecule has 0 saturated heterocycles. The van der Waals surface area contributed by atoms with Crippen molar-refractivity contribution in [3.05, 3.63) is 82.8 Å². The molecule has 0 radical (unpaired) electrons. The second-order valence-electron chi connectivity index (χ2n) is 6.34. The summed E-state index contributed by atoms with van der Waals surface area (Å²) in [6.07, 6.45) is 2.33. The molecule has 1 aromatic carbocycles. The SMILES string of the molecule is O=C(Cn1nc(-c2ccccc2F)ccc1=O)NCCc1nnc2ccccn12. The molecule has 0 aliphatic rings. The van der Waals surface area contributed by atoms with Crippen molar-refractivity contribution in [2.24, 2.45) is 0 Å². The number of benzene rings is 1. The molecule has 1 amide bonds. The summed E-state index contributed by atoms with van der Waals surface area (Å²) in [5.74, 6) is -0.105. The number of carbonyl (C=O) groups excluding carboxylic acids is 1. The van der Waals surface area contributed by atoms with Gasteiger partial charge in [-0.25, -0.2) is 9.07 Å². The topological polar surface area (TPSA) is 94.2 Å². The summed E-state index contributed by atoms with van der Waals surface area (Å²) in [4.78, 5) is 24.3. The maximum atomic E-state index is 14.0. The third-order valence-corrected chi connectivity index (χ3v) is 4.36. The van der Waals surface area contributed by atoms with Crippen LogP contribution in [0.2, 0.25) is 0 Å². The van der Waals surface area contributed by atoms with Crippen LogP contribution < -0.4 is 10.9 Å². The molecule has 0 fully saturated rings. The van der Waals surface area contributed by atoms with Crippen molar-refractivity contribution in [3.8, 4) is 11.3 Å². The largest absolute Gasteiger partial charge is 0.354 e. The molecule has 4 aromatic rings. The molecule has 146 valence electrons. The van der Waals surface area contributed by atoms with Gasteiger partial charge in [-0.05, 0) is 30.3 Å². The number of halogens is 1. The summed E-state index contributed by atoms with van der Waals surface area (Å²) in [6.45, 7) is 0.0674. The number of nitrogens with zero attached hydrogens (tertiary/aromatic N) is 5. The molecule has 0 spiro atoms. The number of hydrogen-bond acceptors (Lipinski definition) is 5. The number of carbonyl (C=O) groups is 1. The van der Waals surface area contributed by atoms with E-state index in [9.17, 15) is 14.0 Å². The monoisotopic (exact) mass is 392 g/mol. The minimum atomic E-state index is -0.449. The Bertz CT molecular complexity index is 1230. The molecule has 0 aliphatic carbocycles. The van der Waals surface area contributed by atoms with Gasteiger partial charge in [-0.2, -0.15) is 5.10 Å². The molecule has 9 heteroatoms. The standard InChI is InChI=1S/C20H17FN6O2/c21-15-6-2-1-5-14(15)16-8-9-20(29)27(25-16)13-19(28)22-11-10-18-24-23-17-7-3-4-12-26(17)18/h1-9,12H,10-11,13H2,(H,22,28). The van der Waals surface area contributed by atoms with Gasteiger partial charge in [0.05, 0.1) is 5.69 Å². The normalized spacial score (nSPS) is 10.9. The van der Waals surface area contributed by atoms with Crippen LogP contribution in [0, 0.1) is 5.82 Å². The summed E-state index contributed by atoms with van der Waals surface area (Å²) >= 11 is 0. The van der Waals surface area contributed by atoms with E-state index >= 15 is 0 Å². The van der Waals surface area contributed by atoms with Crippen LogP contribution in [-0.2, 0) is 17.8 Å². The van der Waals surface area contributed by atoms with Crippen LogP contribution in [0.4, 0.5) is 4.39 Å². The maximum absolute atomic E-state index is 14.0. The van der Waals surface area contributed by atoms with Crippen molar-refractivity contribution in [2.45, 2.75) is 13.0 Å². The van der Waals surface area contributed by atoms with E-state index in [2.05, 4.69) is 20.6 Å². The first-order valence-corrected chi connectivity index (χ1v) is 9.00. The highest BCUT2D eigenvalue weighted by Crippen LogP contribution is 2.18. The average molecular weight is 392 g/mol.